The predicted octanol–water partition coefficient (Wildman–Crippen LogP) is 7.10. The molecular weight excluding hydrogens is 408 g/mol. The van der Waals surface area contributed by atoms with Crippen LogP contribution in [0.4, 0.5) is 0 Å². The Morgan fingerprint density at radius 2 is 1.90 bits per heavy atom. The zero-order valence-corrected chi connectivity index (χ0v) is 20.7. The summed E-state index contributed by atoms with van der Waals surface area (Å²) in [5, 5.41) is 9.87. The van der Waals surface area contributed by atoms with Crippen LogP contribution in [0.3, 0.4) is 0 Å². The number of carbonyl (C=O) groups is 1. The lowest BCUT2D eigenvalue weighted by Gasteiger charge is -2.36. The molecular formula is C24H32N2O2SSi. The van der Waals surface area contributed by atoms with Crippen molar-refractivity contribution in [2.24, 2.45) is 0 Å². The van der Waals surface area contributed by atoms with Gasteiger partial charge in [-0.25, -0.2) is 0 Å². The van der Waals surface area contributed by atoms with Crippen molar-refractivity contribution in [3.05, 3.63) is 53.0 Å². The van der Waals surface area contributed by atoms with Crippen LogP contribution in [0, 0.1) is 6.92 Å². The van der Waals surface area contributed by atoms with E-state index >= 15 is 0 Å². The molecule has 3 rings (SSSR count). The summed E-state index contributed by atoms with van der Waals surface area (Å²) in [6, 6.07) is 12.2. The van der Waals surface area contributed by atoms with Gasteiger partial charge in [0.25, 0.3) is 0 Å². The Hall–Kier alpha value is -2.02. The molecule has 0 saturated carbocycles. The molecule has 0 aliphatic carbocycles. The largest absolute Gasteiger partial charge is 0.417 e. The molecule has 4 nitrogen and oxygen atoms in total. The molecule has 0 aliphatic heterocycles. The maximum absolute atomic E-state index is 13.1. The Labute approximate surface area is 184 Å². The second-order valence-corrected chi connectivity index (χ2v) is 15.0. The summed E-state index contributed by atoms with van der Waals surface area (Å²) >= 11 is 1.67. The van der Waals surface area contributed by atoms with Crippen LogP contribution in [0.1, 0.15) is 49.7 Å². The van der Waals surface area contributed by atoms with Crippen LogP contribution in [0.25, 0.3) is 21.7 Å². The third kappa shape index (κ3) is 4.99. The van der Waals surface area contributed by atoms with Crippen LogP contribution >= 0.6 is 11.3 Å². The fraction of sp³-hybridized carbons (Fsp3) is 0.417. The van der Waals surface area contributed by atoms with Crippen LogP contribution in [0.15, 0.2) is 41.8 Å². The lowest BCUT2D eigenvalue weighted by molar-refractivity contribution is 0.0968. The van der Waals surface area contributed by atoms with Crippen molar-refractivity contribution < 1.29 is 9.22 Å². The average Bonchev–Trinajstić information content (AvgIpc) is 3.31. The van der Waals surface area contributed by atoms with E-state index in [1.165, 1.54) is 5.56 Å². The molecule has 0 spiro atoms. The van der Waals surface area contributed by atoms with Crippen molar-refractivity contribution >= 4 is 25.4 Å². The number of H-pyrrole nitrogens is 1. The average molecular weight is 441 g/mol. The summed E-state index contributed by atoms with van der Waals surface area (Å²) in [6.45, 7) is 13.9. The molecule has 30 heavy (non-hydrogen) atoms. The molecule has 0 saturated heterocycles. The molecule has 6 heteroatoms. The van der Waals surface area contributed by atoms with Gasteiger partial charge in [0, 0.05) is 18.6 Å². The third-order valence-electron chi connectivity index (χ3n) is 5.89. The normalized spacial score (nSPS) is 12.3. The number of Topliss-reactive ketones (excluding diaryl/α,β-unsaturated/α-hetero) is 1. The van der Waals surface area contributed by atoms with Gasteiger partial charge in [0.05, 0.1) is 10.6 Å². The van der Waals surface area contributed by atoms with Gasteiger partial charge >= 0.3 is 0 Å². The topological polar surface area (TPSA) is 55.0 Å². The van der Waals surface area contributed by atoms with Crippen LogP contribution in [-0.2, 0) is 4.43 Å². The lowest BCUT2D eigenvalue weighted by atomic mass is 9.99. The van der Waals surface area contributed by atoms with Crippen molar-refractivity contribution in [3.63, 3.8) is 0 Å². The number of rotatable bonds is 8. The number of ketones is 1. The van der Waals surface area contributed by atoms with Gasteiger partial charge in [-0.3, -0.25) is 9.89 Å². The first-order valence-electron chi connectivity index (χ1n) is 10.5. The fourth-order valence-electron chi connectivity index (χ4n) is 3.07. The second-order valence-electron chi connectivity index (χ2n) is 9.31. The van der Waals surface area contributed by atoms with E-state index < -0.39 is 8.32 Å². The third-order valence-corrected chi connectivity index (χ3v) is 11.5. The maximum atomic E-state index is 13.1. The molecule has 1 N–H and O–H groups in total. The van der Waals surface area contributed by atoms with E-state index in [4.69, 9.17) is 4.43 Å². The van der Waals surface area contributed by atoms with E-state index in [0.29, 0.717) is 25.1 Å². The summed E-state index contributed by atoms with van der Waals surface area (Å²) < 4.78 is 6.23. The Morgan fingerprint density at radius 3 is 2.50 bits per heavy atom. The van der Waals surface area contributed by atoms with Gasteiger partial charge < -0.3 is 4.43 Å². The molecule has 1 aromatic carbocycles. The second kappa shape index (κ2) is 9.00. The van der Waals surface area contributed by atoms with Crippen molar-refractivity contribution in [2.45, 2.75) is 58.7 Å². The van der Waals surface area contributed by atoms with E-state index in [1.807, 2.05) is 30.3 Å². The first kappa shape index (κ1) is 22.7. The zero-order valence-electron chi connectivity index (χ0n) is 18.8. The quantitative estimate of drug-likeness (QED) is 0.231. The minimum atomic E-state index is -1.79. The van der Waals surface area contributed by atoms with Crippen molar-refractivity contribution in [3.8, 4) is 21.7 Å². The van der Waals surface area contributed by atoms with E-state index in [9.17, 15) is 4.79 Å². The van der Waals surface area contributed by atoms with E-state index in [2.05, 4.69) is 62.4 Å². The highest BCUT2D eigenvalue weighted by atomic mass is 32.1. The Kier molecular flexibility index (Phi) is 6.80. The SMILES string of the molecule is Cc1csc(-c2[nH]nc(C(=O)CCCO[Si](C)(C)C(C)(C)C)c2-c2ccccc2)c1. The monoisotopic (exact) mass is 440 g/mol. The highest BCUT2D eigenvalue weighted by molar-refractivity contribution is 7.13. The summed E-state index contributed by atoms with van der Waals surface area (Å²) in [5.41, 5.74) is 4.55. The van der Waals surface area contributed by atoms with Crippen LogP contribution in [0.5, 0.6) is 0 Å². The highest BCUT2D eigenvalue weighted by Crippen LogP contribution is 2.38. The molecule has 0 bridgehead atoms. The van der Waals surface area contributed by atoms with Crippen LogP contribution in [-0.4, -0.2) is 30.9 Å². The number of hydrogen-bond acceptors (Lipinski definition) is 4. The minimum Gasteiger partial charge on any atom is -0.417 e. The van der Waals surface area contributed by atoms with Gasteiger partial charge in [0.15, 0.2) is 14.1 Å². The van der Waals surface area contributed by atoms with E-state index in [1.54, 1.807) is 11.3 Å². The van der Waals surface area contributed by atoms with E-state index in [-0.39, 0.29) is 10.8 Å². The number of aromatic amines is 1. The Balaban J connectivity index is 1.79. The Morgan fingerprint density at radius 1 is 1.20 bits per heavy atom. The summed E-state index contributed by atoms with van der Waals surface area (Å²) in [7, 11) is -1.79. The van der Waals surface area contributed by atoms with Gasteiger partial charge in [0.2, 0.25) is 0 Å². The van der Waals surface area contributed by atoms with Gasteiger partial charge in [0.1, 0.15) is 5.69 Å². The smallest absolute Gasteiger partial charge is 0.191 e. The predicted molar refractivity (Wildman–Crippen MR) is 129 cm³/mol. The minimum absolute atomic E-state index is 0.0588. The number of nitrogens with zero attached hydrogens (tertiary/aromatic N) is 1. The standard InChI is InChI=1S/C24H32N2O2SSi/c1-17-15-20(29-16-17)23-21(18-11-8-7-9-12-18)22(25-26-23)19(27)13-10-14-28-30(5,6)24(2,3)4/h7-9,11-12,15-16H,10,13-14H2,1-6H3,(H,25,26). The van der Waals surface area contributed by atoms with Crippen LogP contribution < -0.4 is 0 Å². The maximum Gasteiger partial charge on any atom is 0.191 e. The van der Waals surface area contributed by atoms with Gasteiger partial charge in [-0.05, 0) is 54.1 Å². The zero-order chi connectivity index (χ0) is 21.9. The molecule has 2 heterocycles. The number of aryl methyl sites for hydroxylation is 1. The number of benzene rings is 1. The van der Waals surface area contributed by atoms with Crippen molar-refractivity contribution in [1.29, 1.82) is 0 Å². The van der Waals surface area contributed by atoms with Gasteiger partial charge in [-0.1, -0.05) is 51.1 Å². The molecule has 0 aliphatic rings. The van der Waals surface area contributed by atoms with Crippen molar-refractivity contribution in [1.82, 2.24) is 10.2 Å². The number of hydrogen-bond donors (Lipinski definition) is 1. The molecule has 160 valence electrons. The molecule has 3 aromatic rings. The van der Waals surface area contributed by atoms with Crippen LogP contribution in [0.2, 0.25) is 18.1 Å². The van der Waals surface area contributed by atoms with Crippen molar-refractivity contribution in [2.75, 3.05) is 6.61 Å². The first-order chi connectivity index (χ1) is 14.1. The molecule has 0 radical (unpaired) electrons. The van der Waals surface area contributed by atoms with Gasteiger partial charge in [-0.2, -0.15) is 5.10 Å². The fourth-order valence-corrected chi connectivity index (χ4v) is 5.05. The highest BCUT2D eigenvalue weighted by Gasteiger charge is 2.36. The number of nitrogens with one attached hydrogen (secondary N) is 1. The molecule has 0 atom stereocenters. The Bertz CT molecular complexity index is 1000. The number of aromatic nitrogens is 2. The molecule has 0 amide bonds. The summed E-state index contributed by atoms with van der Waals surface area (Å²) in [4.78, 5) is 14.2. The number of thiophene rings is 1. The number of carbonyl (C=O) groups excluding carboxylic acids is 1. The summed E-state index contributed by atoms with van der Waals surface area (Å²) in [5.74, 6) is 0.0588. The lowest BCUT2D eigenvalue weighted by Crippen LogP contribution is -2.41. The van der Waals surface area contributed by atoms with E-state index in [0.717, 1.165) is 21.7 Å². The first-order valence-corrected chi connectivity index (χ1v) is 14.3. The molecule has 0 fully saturated rings. The molecule has 2 aromatic heterocycles. The van der Waals surface area contributed by atoms with Gasteiger partial charge in [-0.15, -0.1) is 11.3 Å². The molecule has 0 unspecified atom stereocenters. The summed E-state index contributed by atoms with van der Waals surface area (Å²) in [6.07, 6.45) is 1.14.